The summed E-state index contributed by atoms with van der Waals surface area (Å²) in [7, 11) is 0. The molecule has 0 aliphatic rings. The maximum Gasteiger partial charge on any atom is 0.0542 e. The minimum atomic E-state index is 0.788. The molecule has 0 unspecified atom stereocenters. The summed E-state index contributed by atoms with van der Waals surface area (Å²) in [5.74, 6) is 0.788. The first-order valence-corrected chi connectivity index (χ1v) is 7.03. The van der Waals surface area contributed by atoms with Crippen molar-refractivity contribution in [3.05, 3.63) is 28.5 Å². The van der Waals surface area contributed by atoms with Gasteiger partial charge in [0.05, 0.1) is 5.69 Å². The molecule has 1 aromatic heterocycles. The maximum atomic E-state index is 5.61. The molecule has 0 bridgehead atoms. The van der Waals surface area contributed by atoms with Gasteiger partial charge in [0, 0.05) is 23.1 Å². The first kappa shape index (κ1) is 13.9. The number of pyridine rings is 1. The van der Waals surface area contributed by atoms with Crippen LogP contribution >= 0.6 is 27.5 Å². The molecular weight excluding hydrogens is 288 g/mol. The molecule has 1 rings (SSSR count). The number of halogens is 2. The lowest BCUT2D eigenvalue weighted by Gasteiger charge is -2.04. The summed E-state index contributed by atoms with van der Waals surface area (Å²) < 4.78 is 1.03. The first-order chi connectivity index (χ1) is 7.83. The lowest BCUT2D eigenvalue weighted by molar-refractivity contribution is 0.594. The molecule has 0 saturated carbocycles. The van der Waals surface area contributed by atoms with Crippen molar-refractivity contribution in [1.29, 1.82) is 0 Å². The van der Waals surface area contributed by atoms with E-state index < -0.39 is 0 Å². The number of aromatic nitrogens is 1. The Balaban J connectivity index is 2.01. The normalized spacial score (nSPS) is 10.6. The molecule has 16 heavy (non-hydrogen) atoms. The van der Waals surface area contributed by atoms with E-state index in [1.54, 1.807) is 0 Å². The van der Waals surface area contributed by atoms with Crippen LogP contribution in [0.15, 0.2) is 22.8 Å². The number of alkyl halides is 1. The zero-order valence-corrected chi connectivity index (χ0v) is 11.7. The lowest BCUT2D eigenvalue weighted by atomic mass is 10.2. The van der Waals surface area contributed by atoms with E-state index in [1.165, 1.54) is 19.3 Å². The molecule has 0 aliphatic heterocycles. The van der Waals surface area contributed by atoms with Gasteiger partial charge < -0.3 is 5.32 Å². The Morgan fingerprint density at radius 3 is 2.69 bits per heavy atom. The Kier molecular flexibility index (Phi) is 7.81. The Hall–Kier alpha value is -0.120. The van der Waals surface area contributed by atoms with Gasteiger partial charge in [0.1, 0.15) is 0 Å². The number of nitrogens with one attached hydrogen (secondary N) is 1. The smallest absolute Gasteiger partial charge is 0.0542 e. The summed E-state index contributed by atoms with van der Waals surface area (Å²) in [6.07, 6.45) is 6.68. The summed E-state index contributed by atoms with van der Waals surface area (Å²) in [6.45, 7) is 1.91. The van der Waals surface area contributed by atoms with Crippen molar-refractivity contribution in [3.8, 4) is 0 Å². The lowest BCUT2D eigenvalue weighted by Crippen LogP contribution is -2.15. The molecule has 0 atom stereocenters. The van der Waals surface area contributed by atoms with E-state index in [9.17, 15) is 0 Å². The Morgan fingerprint density at radius 1 is 1.19 bits per heavy atom. The molecule has 2 nitrogen and oxygen atoms in total. The van der Waals surface area contributed by atoms with Crippen molar-refractivity contribution in [1.82, 2.24) is 10.3 Å². The zero-order valence-electron chi connectivity index (χ0n) is 9.38. The standard InChI is InChI=1S/C12H18BrClN2/c13-11-5-6-12(16-9-11)10-15-8-4-2-1-3-7-14/h5-6,9,15H,1-4,7-8,10H2. The fraction of sp³-hybridized carbons (Fsp3) is 0.583. The number of hydrogen-bond donors (Lipinski definition) is 1. The van der Waals surface area contributed by atoms with Crippen LogP contribution in [-0.2, 0) is 6.54 Å². The van der Waals surface area contributed by atoms with Crippen molar-refractivity contribution in [2.45, 2.75) is 32.2 Å². The minimum absolute atomic E-state index is 0.788. The third-order valence-corrected chi connectivity index (χ3v) is 3.07. The number of hydrogen-bond acceptors (Lipinski definition) is 2. The van der Waals surface area contributed by atoms with Gasteiger partial charge in [0.15, 0.2) is 0 Å². The Morgan fingerprint density at radius 2 is 2.00 bits per heavy atom. The summed E-state index contributed by atoms with van der Waals surface area (Å²) in [5.41, 5.74) is 1.09. The van der Waals surface area contributed by atoms with Crippen LogP contribution in [0.3, 0.4) is 0 Å². The molecule has 0 radical (unpaired) electrons. The van der Waals surface area contributed by atoms with Gasteiger partial charge in [-0.15, -0.1) is 11.6 Å². The molecule has 1 heterocycles. The van der Waals surface area contributed by atoms with Crippen LogP contribution in [-0.4, -0.2) is 17.4 Å². The van der Waals surface area contributed by atoms with Crippen LogP contribution in [0.25, 0.3) is 0 Å². The van der Waals surface area contributed by atoms with E-state index in [-0.39, 0.29) is 0 Å². The average Bonchev–Trinajstić information content (AvgIpc) is 2.30. The maximum absolute atomic E-state index is 5.61. The summed E-state index contributed by atoms with van der Waals surface area (Å²) in [5, 5.41) is 3.39. The summed E-state index contributed by atoms with van der Waals surface area (Å²) in [4.78, 5) is 4.30. The highest BCUT2D eigenvalue weighted by Gasteiger charge is 1.94. The second-order valence-corrected chi connectivity index (χ2v) is 5.04. The Labute approximate surface area is 111 Å². The van der Waals surface area contributed by atoms with Crippen LogP contribution < -0.4 is 5.32 Å². The van der Waals surface area contributed by atoms with Crippen molar-refractivity contribution in [3.63, 3.8) is 0 Å². The molecule has 0 spiro atoms. The predicted molar refractivity (Wildman–Crippen MR) is 72.8 cm³/mol. The average molecular weight is 306 g/mol. The monoisotopic (exact) mass is 304 g/mol. The highest BCUT2D eigenvalue weighted by Crippen LogP contribution is 2.07. The van der Waals surface area contributed by atoms with E-state index in [1.807, 2.05) is 18.3 Å². The van der Waals surface area contributed by atoms with E-state index >= 15 is 0 Å². The van der Waals surface area contributed by atoms with Gasteiger partial charge in [-0.1, -0.05) is 12.8 Å². The van der Waals surface area contributed by atoms with Crippen molar-refractivity contribution < 1.29 is 0 Å². The second kappa shape index (κ2) is 8.97. The number of unbranched alkanes of at least 4 members (excludes halogenated alkanes) is 3. The van der Waals surface area contributed by atoms with E-state index in [4.69, 9.17) is 11.6 Å². The minimum Gasteiger partial charge on any atom is -0.311 e. The molecule has 0 fully saturated rings. The SMILES string of the molecule is ClCCCCCCNCc1ccc(Br)cn1. The van der Waals surface area contributed by atoms with Gasteiger partial charge in [-0.25, -0.2) is 0 Å². The fourth-order valence-electron chi connectivity index (χ4n) is 1.43. The number of nitrogens with zero attached hydrogens (tertiary/aromatic N) is 1. The highest BCUT2D eigenvalue weighted by atomic mass is 79.9. The molecule has 1 N–H and O–H groups in total. The molecule has 4 heteroatoms. The van der Waals surface area contributed by atoms with E-state index in [0.29, 0.717) is 0 Å². The van der Waals surface area contributed by atoms with Gasteiger partial charge in [0.2, 0.25) is 0 Å². The third-order valence-electron chi connectivity index (χ3n) is 2.33. The van der Waals surface area contributed by atoms with Crippen LogP contribution in [0.4, 0.5) is 0 Å². The van der Waals surface area contributed by atoms with Crippen LogP contribution in [0, 0.1) is 0 Å². The molecule has 1 aromatic rings. The molecular formula is C12H18BrClN2. The predicted octanol–water partition coefficient (Wildman–Crippen LogP) is 3.73. The fourth-order valence-corrected chi connectivity index (χ4v) is 1.85. The van der Waals surface area contributed by atoms with Gasteiger partial charge >= 0.3 is 0 Å². The largest absolute Gasteiger partial charge is 0.311 e. The molecule has 0 amide bonds. The second-order valence-electron chi connectivity index (χ2n) is 3.75. The molecule has 0 saturated heterocycles. The third kappa shape index (κ3) is 6.46. The number of rotatable bonds is 8. The van der Waals surface area contributed by atoms with Crippen molar-refractivity contribution in [2.24, 2.45) is 0 Å². The molecule has 0 aromatic carbocycles. The van der Waals surface area contributed by atoms with Gasteiger partial charge in [0.25, 0.3) is 0 Å². The van der Waals surface area contributed by atoms with Crippen molar-refractivity contribution in [2.75, 3.05) is 12.4 Å². The van der Waals surface area contributed by atoms with Crippen LogP contribution in [0.2, 0.25) is 0 Å². The van der Waals surface area contributed by atoms with E-state index in [2.05, 4.69) is 26.2 Å². The van der Waals surface area contributed by atoms with Gasteiger partial charge in [-0.05, 0) is 47.4 Å². The summed E-state index contributed by atoms with van der Waals surface area (Å²) in [6, 6.07) is 4.05. The van der Waals surface area contributed by atoms with Gasteiger partial charge in [-0.2, -0.15) is 0 Å². The van der Waals surface area contributed by atoms with Crippen LogP contribution in [0.5, 0.6) is 0 Å². The highest BCUT2D eigenvalue weighted by molar-refractivity contribution is 9.10. The van der Waals surface area contributed by atoms with Crippen LogP contribution in [0.1, 0.15) is 31.4 Å². The first-order valence-electron chi connectivity index (χ1n) is 5.70. The molecule has 0 aliphatic carbocycles. The van der Waals surface area contributed by atoms with Crippen molar-refractivity contribution >= 4 is 27.5 Å². The van der Waals surface area contributed by atoms with Gasteiger partial charge in [-0.3, -0.25) is 4.98 Å². The van der Waals surface area contributed by atoms with E-state index in [0.717, 1.165) is 35.6 Å². The quantitative estimate of drug-likeness (QED) is 0.585. The Bertz CT molecular complexity index is 277. The summed E-state index contributed by atoms with van der Waals surface area (Å²) >= 11 is 8.98. The zero-order chi connectivity index (χ0) is 11.6. The molecule has 90 valence electrons. The topological polar surface area (TPSA) is 24.9 Å².